The molecule has 0 fully saturated rings. The minimum atomic E-state index is -3.50. The smallest absolute Gasteiger partial charge is 0.319 e. The van der Waals surface area contributed by atoms with Crippen molar-refractivity contribution in [2.45, 2.75) is 6.16 Å². The highest BCUT2D eigenvalue weighted by atomic mass is 16.8. The molecule has 7 heavy (non-hydrogen) atoms. The van der Waals surface area contributed by atoms with Gasteiger partial charge in [-0.15, -0.1) is 0 Å². The fraction of sp³-hybridized carbons (Fsp3) is 1.00. The molecular formula is CH4NO5. The number of aliphatic hydroxyl groups is 4. The second kappa shape index (κ2) is 3.93. The summed E-state index contributed by atoms with van der Waals surface area (Å²) >= 11 is 0. The summed E-state index contributed by atoms with van der Waals surface area (Å²) in [4.78, 5) is 0. The molecule has 6 heteroatoms. The molecule has 0 aromatic carbocycles. The monoisotopic (exact) mass is 110 g/mol. The molecule has 0 aliphatic rings. The van der Waals surface area contributed by atoms with Crippen LogP contribution >= 0.6 is 0 Å². The van der Waals surface area contributed by atoms with Crippen molar-refractivity contribution in [1.82, 2.24) is 6.15 Å². The van der Waals surface area contributed by atoms with E-state index in [2.05, 4.69) is 0 Å². The lowest BCUT2D eigenvalue weighted by atomic mass is 11.2. The molecule has 4 N–H and O–H groups in total. The standard InChI is InChI=1S/CH4O4.N.O/c2-1(3,4)5;;/h2-5H;;. The van der Waals surface area contributed by atoms with Gasteiger partial charge in [-0.05, 0) is 0 Å². The van der Waals surface area contributed by atoms with Gasteiger partial charge in [0.05, 0.1) is 0 Å². The van der Waals surface area contributed by atoms with Crippen LogP contribution in [0, 0.1) is 0 Å². The van der Waals surface area contributed by atoms with Gasteiger partial charge in [-0.25, -0.2) is 0 Å². The van der Waals surface area contributed by atoms with E-state index >= 15 is 0 Å². The van der Waals surface area contributed by atoms with Crippen LogP contribution in [0.2, 0.25) is 0 Å². The molecule has 0 spiro atoms. The van der Waals surface area contributed by atoms with E-state index in [0.717, 1.165) is 0 Å². The lowest BCUT2D eigenvalue weighted by molar-refractivity contribution is -0.436. The van der Waals surface area contributed by atoms with Crippen LogP contribution in [0.4, 0.5) is 0 Å². The van der Waals surface area contributed by atoms with Gasteiger partial charge in [0, 0.05) is 11.6 Å². The van der Waals surface area contributed by atoms with Gasteiger partial charge in [-0.3, -0.25) is 0 Å². The van der Waals surface area contributed by atoms with E-state index in [9.17, 15) is 0 Å². The molecule has 0 amide bonds. The van der Waals surface area contributed by atoms with Crippen LogP contribution in [-0.4, -0.2) is 26.6 Å². The molecule has 0 saturated heterocycles. The Kier molecular flexibility index (Phi) is 8.91. The average molecular weight is 110 g/mol. The average Bonchev–Trinajstić information content (AvgIpc) is 0.722. The highest BCUT2D eigenvalue weighted by molar-refractivity contribution is 3.99. The van der Waals surface area contributed by atoms with E-state index in [4.69, 9.17) is 20.4 Å². The summed E-state index contributed by atoms with van der Waals surface area (Å²) in [5.41, 5.74) is 0. The van der Waals surface area contributed by atoms with Crippen LogP contribution in [0.5, 0.6) is 0 Å². The molecule has 6 nitrogen and oxygen atoms in total. The minimum absolute atomic E-state index is 0. The lowest BCUT2D eigenvalue weighted by Crippen LogP contribution is -2.25. The Hall–Kier alpha value is -0.240. The summed E-state index contributed by atoms with van der Waals surface area (Å²) in [5, 5.41) is 28.8. The van der Waals surface area contributed by atoms with Crippen LogP contribution < -0.4 is 6.15 Å². The molecule has 0 rings (SSSR count). The molecule has 0 saturated carbocycles. The predicted molar refractivity (Wildman–Crippen MR) is 14.4 cm³/mol. The second-order valence-corrected chi connectivity index (χ2v) is 0.600. The number of nitrogens with zero attached hydrogens (tertiary/aromatic N) is 1. The highest BCUT2D eigenvalue weighted by Crippen LogP contribution is 1.75. The van der Waals surface area contributed by atoms with Crippen molar-refractivity contribution in [3.8, 4) is 0 Å². The molecule has 43 valence electrons. The largest absolute Gasteiger partial charge is 0.402 e. The summed E-state index contributed by atoms with van der Waals surface area (Å²) in [6.07, 6.45) is -3.50. The molecular weight excluding hydrogens is 106 g/mol. The second-order valence-electron chi connectivity index (χ2n) is 0.600. The van der Waals surface area contributed by atoms with Gasteiger partial charge in [0.15, 0.2) is 0 Å². The number of hydrogen-bond acceptors (Lipinski definition) is 4. The van der Waals surface area contributed by atoms with Crippen molar-refractivity contribution in [3.05, 3.63) is 0 Å². The Balaban J connectivity index is -0.0000000800. The first-order valence-corrected chi connectivity index (χ1v) is 0.894. The van der Waals surface area contributed by atoms with E-state index in [-0.39, 0.29) is 11.6 Å². The third-order valence-corrected chi connectivity index (χ3v) is 0. The van der Waals surface area contributed by atoms with Crippen molar-refractivity contribution < 1.29 is 25.9 Å². The van der Waals surface area contributed by atoms with Gasteiger partial charge in [-0.1, -0.05) is 0 Å². The summed E-state index contributed by atoms with van der Waals surface area (Å²) < 4.78 is 0. The molecule has 0 unspecified atom stereocenters. The first kappa shape index (κ1) is 15.9. The van der Waals surface area contributed by atoms with Crippen molar-refractivity contribution in [2.24, 2.45) is 0 Å². The number of hydrogen-bond donors (Lipinski definition) is 4. The van der Waals surface area contributed by atoms with Crippen LogP contribution in [-0.2, 0) is 5.48 Å². The first-order valence-electron chi connectivity index (χ1n) is 0.894. The van der Waals surface area contributed by atoms with Crippen LogP contribution in [0.15, 0.2) is 0 Å². The summed E-state index contributed by atoms with van der Waals surface area (Å²) in [6, 6.07) is 0. The third kappa shape index (κ3) is 1410. The summed E-state index contributed by atoms with van der Waals surface area (Å²) in [6.45, 7) is 0. The zero-order valence-electron chi connectivity index (χ0n) is 3.14. The third-order valence-electron chi connectivity index (χ3n) is 0. The Morgan fingerprint density at radius 2 is 0.857 bits per heavy atom. The Morgan fingerprint density at radius 1 is 0.857 bits per heavy atom. The maximum Gasteiger partial charge on any atom is 0.402 e. The topological polar surface area (TPSA) is 140 Å². The van der Waals surface area contributed by atoms with Gasteiger partial charge >= 0.3 is 6.16 Å². The summed E-state index contributed by atoms with van der Waals surface area (Å²) in [5.74, 6) is 0. The van der Waals surface area contributed by atoms with E-state index in [1.807, 2.05) is 0 Å². The Bertz CT molecular complexity index is 23.6. The van der Waals surface area contributed by atoms with Gasteiger partial charge in [0.1, 0.15) is 0 Å². The first-order chi connectivity index (χ1) is 2.00. The molecule has 0 aromatic heterocycles. The fourth-order valence-electron chi connectivity index (χ4n) is 0. The van der Waals surface area contributed by atoms with Crippen LogP contribution in [0.25, 0.3) is 0 Å². The molecule has 0 aliphatic carbocycles. The van der Waals surface area contributed by atoms with Gasteiger partial charge in [-0.2, -0.15) is 0 Å². The molecule has 5 radical (unpaired) electrons. The van der Waals surface area contributed by atoms with Crippen molar-refractivity contribution in [2.75, 3.05) is 0 Å². The predicted octanol–water partition coefficient (Wildman–Crippen LogP) is -3.03. The highest BCUT2D eigenvalue weighted by Gasteiger charge is 2.07. The fourth-order valence-corrected chi connectivity index (χ4v) is 0. The minimum Gasteiger partial charge on any atom is -0.319 e. The zero-order chi connectivity index (χ0) is 4.50. The molecule has 0 atom stereocenters. The lowest BCUT2D eigenvalue weighted by Gasteiger charge is -1.99. The van der Waals surface area contributed by atoms with Crippen LogP contribution in [0.3, 0.4) is 0 Å². The van der Waals surface area contributed by atoms with E-state index < -0.39 is 6.16 Å². The van der Waals surface area contributed by atoms with Gasteiger partial charge in [0.2, 0.25) is 0 Å². The quantitative estimate of drug-likeness (QED) is 0.246. The van der Waals surface area contributed by atoms with Gasteiger partial charge < -0.3 is 20.4 Å². The van der Waals surface area contributed by atoms with Crippen molar-refractivity contribution >= 4 is 0 Å². The van der Waals surface area contributed by atoms with E-state index in [1.165, 1.54) is 0 Å². The number of rotatable bonds is 0. The molecule has 0 aromatic rings. The molecule has 0 aliphatic heterocycles. The summed E-state index contributed by atoms with van der Waals surface area (Å²) in [7, 11) is 0. The van der Waals surface area contributed by atoms with Crippen LogP contribution in [0.1, 0.15) is 0 Å². The molecule has 0 bridgehead atoms. The Morgan fingerprint density at radius 3 is 0.857 bits per heavy atom. The Labute approximate surface area is 39.5 Å². The van der Waals surface area contributed by atoms with Crippen molar-refractivity contribution in [3.63, 3.8) is 0 Å². The van der Waals surface area contributed by atoms with Crippen molar-refractivity contribution in [1.29, 1.82) is 0 Å². The van der Waals surface area contributed by atoms with Gasteiger partial charge in [0.25, 0.3) is 0 Å². The van der Waals surface area contributed by atoms with E-state index in [0.29, 0.717) is 0 Å². The molecule has 0 heterocycles. The maximum atomic E-state index is 7.19. The normalized spacial score (nSPS) is 8.57. The maximum absolute atomic E-state index is 7.19. The zero-order valence-corrected chi connectivity index (χ0v) is 3.14. The SMILES string of the molecule is OC(O)(O)O.[N].[O]. The van der Waals surface area contributed by atoms with E-state index in [1.54, 1.807) is 0 Å².